The molecule has 3 N–H and O–H groups in total. The van der Waals surface area contributed by atoms with Crippen molar-refractivity contribution in [1.29, 1.82) is 0 Å². The SMILES string of the molecule is CSCCC(NC(=O)[C@@H]1CCC[C@@H]1CNC(=O)OCC1c2ccccc2-c2ccccc21)C(=O)O. The molecule has 2 aliphatic carbocycles. The highest BCUT2D eigenvalue weighted by Crippen LogP contribution is 2.44. The number of carbonyl (C=O) groups excluding carboxylic acids is 2. The van der Waals surface area contributed by atoms with Crippen LogP contribution < -0.4 is 10.6 Å². The van der Waals surface area contributed by atoms with Crippen LogP contribution in [0.3, 0.4) is 0 Å². The van der Waals surface area contributed by atoms with Crippen LogP contribution in [0, 0.1) is 11.8 Å². The third-order valence-electron chi connectivity index (χ3n) is 7.07. The second kappa shape index (κ2) is 11.6. The molecule has 0 aromatic heterocycles. The Bertz CT molecular complexity index is 1030. The zero-order chi connectivity index (χ0) is 24.8. The highest BCUT2D eigenvalue weighted by molar-refractivity contribution is 7.98. The van der Waals surface area contributed by atoms with E-state index in [1.165, 1.54) is 11.1 Å². The highest BCUT2D eigenvalue weighted by Gasteiger charge is 2.35. The van der Waals surface area contributed by atoms with E-state index in [-0.39, 0.29) is 30.3 Å². The first-order valence-electron chi connectivity index (χ1n) is 12.1. The minimum Gasteiger partial charge on any atom is -0.480 e. The zero-order valence-electron chi connectivity index (χ0n) is 19.9. The van der Waals surface area contributed by atoms with E-state index in [9.17, 15) is 19.5 Å². The summed E-state index contributed by atoms with van der Waals surface area (Å²) in [7, 11) is 0. The molecule has 8 heteroatoms. The summed E-state index contributed by atoms with van der Waals surface area (Å²) >= 11 is 1.55. The lowest BCUT2D eigenvalue weighted by atomic mass is 9.94. The van der Waals surface area contributed by atoms with Crippen LogP contribution in [0.2, 0.25) is 0 Å². The number of carboxylic acids is 1. The van der Waals surface area contributed by atoms with Gasteiger partial charge in [0.2, 0.25) is 5.91 Å². The second-order valence-electron chi connectivity index (χ2n) is 9.18. The Balaban J connectivity index is 1.29. The largest absolute Gasteiger partial charge is 0.480 e. The van der Waals surface area contributed by atoms with Crippen molar-refractivity contribution in [3.63, 3.8) is 0 Å². The van der Waals surface area contributed by atoms with E-state index in [2.05, 4.69) is 34.9 Å². The second-order valence-corrected chi connectivity index (χ2v) is 10.2. The van der Waals surface area contributed by atoms with Crippen LogP contribution in [-0.4, -0.2) is 54.3 Å². The Kier molecular flexibility index (Phi) is 8.33. The molecule has 2 aliphatic rings. The molecule has 1 fully saturated rings. The Hall–Kier alpha value is -3.00. The lowest BCUT2D eigenvalue weighted by Crippen LogP contribution is -2.46. The first-order valence-corrected chi connectivity index (χ1v) is 13.5. The van der Waals surface area contributed by atoms with Crippen molar-refractivity contribution in [2.24, 2.45) is 11.8 Å². The number of amides is 2. The van der Waals surface area contributed by atoms with Crippen LogP contribution in [0.25, 0.3) is 11.1 Å². The van der Waals surface area contributed by atoms with Gasteiger partial charge in [-0.2, -0.15) is 11.8 Å². The summed E-state index contributed by atoms with van der Waals surface area (Å²) in [5.41, 5.74) is 4.66. The fraction of sp³-hybridized carbons (Fsp3) is 0.444. The van der Waals surface area contributed by atoms with Crippen molar-refractivity contribution in [2.75, 3.05) is 25.2 Å². The minimum atomic E-state index is -1.02. The summed E-state index contributed by atoms with van der Waals surface area (Å²) in [5.74, 6) is -0.943. The first-order chi connectivity index (χ1) is 17.0. The molecule has 35 heavy (non-hydrogen) atoms. The fourth-order valence-corrected chi connectivity index (χ4v) is 5.73. The summed E-state index contributed by atoms with van der Waals surface area (Å²) in [4.78, 5) is 36.8. The van der Waals surface area contributed by atoms with E-state index < -0.39 is 18.1 Å². The topological polar surface area (TPSA) is 105 Å². The van der Waals surface area contributed by atoms with Crippen LogP contribution in [0.5, 0.6) is 0 Å². The summed E-state index contributed by atoms with van der Waals surface area (Å²) in [6.07, 6.45) is 4.17. The van der Waals surface area contributed by atoms with E-state index >= 15 is 0 Å². The summed E-state index contributed by atoms with van der Waals surface area (Å²) < 4.78 is 5.60. The van der Waals surface area contributed by atoms with Gasteiger partial charge < -0.3 is 20.5 Å². The average molecular weight is 497 g/mol. The molecular formula is C27H32N2O5S. The molecule has 2 aromatic carbocycles. The number of fused-ring (bicyclic) bond motifs is 3. The van der Waals surface area contributed by atoms with Crippen LogP contribution in [0.1, 0.15) is 42.7 Å². The quantitative estimate of drug-likeness (QED) is 0.454. The summed E-state index contributed by atoms with van der Waals surface area (Å²) in [6, 6.07) is 15.5. The van der Waals surface area contributed by atoms with E-state index in [1.54, 1.807) is 11.8 Å². The van der Waals surface area contributed by atoms with Gasteiger partial charge >= 0.3 is 12.1 Å². The number of ether oxygens (including phenoxy) is 1. The van der Waals surface area contributed by atoms with Crippen molar-refractivity contribution < 1.29 is 24.2 Å². The zero-order valence-corrected chi connectivity index (χ0v) is 20.7. The number of benzene rings is 2. The number of nitrogens with one attached hydrogen (secondary N) is 2. The first kappa shape index (κ1) is 25.1. The molecular weight excluding hydrogens is 464 g/mol. The van der Waals surface area contributed by atoms with E-state index in [4.69, 9.17) is 4.74 Å². The number of thioether (sulfide) groups is 1. The normalized spacial score (nSPS) is 19.5. The molecule has 2 aromatic rings. The van der Waals surface area contributed by atoms with Gasteiger partial charge in [0.05, 0.1) is 0 Å². The van der Waals surface area contributed by atoms with Crippen LogP contribution in [0.4, 0.5) is 4.79 Å². The van der Waals surface area contributed by atoms with Gasteiger partial charge in [0, 0.05) is 18.4 Å². The maximum absolute atomic E-state index is 12.8. The van der Waals surface area contributed by atoms with Crippen molar-refractivity contribution >= 4 is 29.7 Å². The van der Waals surface area contributed by atoms with Gasteiger partial charge in [-0.25, -0.2) is 9.59 Å². The van der Waals surface area contributed by atoms with E-state index in [0.29, 0.717) is 25.1 Å². The molecule has 186 valence electrons. The Morgan fingerprint density at radius 2 is 1.71 bits per heavy atom. The minimum absolute atomic E-state index is 0.00704. The molecule has 3 atom stereocenters. The molecule has 1 unspecified atom stereocenters. The molecule has 4 rings (SSSR count). The van der Waals surface area contributed by atoms with Gasteiger partial charge in [-0.3, -0.25) is 4.79 Å². The molecule has 0 saturated heterocycles. The monoisotopic (exact) mass is 496 g/mol. The van der Waals surface area contributed by atoms with Gasteiger partial charge in [0.15, 0.2) is 0 Å². The molecule has 7 nitrogen and oxygen atoms in total. The van der Waals surface area contributed by atoms with Gasteiger partial charge in [-0.05, 0) is 59.4 Å². The van der Waals surface area contributed by atoms with E-state index in [1.807, 2.05) is 30.5 Å². The molecule has 0 spiro atoms. The standard InChI is InChI=1S/C27H32N2O5S/c1-35-14-13-24(26(31)32)29-25(30)18-12-6-7-17(18)15-28-27(33)34-16-23-21-10-4-2-8-19(21)20-9-3-5-11-22(20)23/h2-5,8-11,17-18,23-24H,6-7,12-16H2,1H3,(H,28,33)(H,29,30)(H,31,32)/t17-,18-,24?/m1/s1. The van der Waals surface area contributed by atoms with E-state index in [0.717, 1.165) is 24.0 Å². The molecule has 2 amide bonds. The van der Waals surface area contributed by atoms with Crippen molar-refractivity contribution in [3.05, 3.63) is 59.7 Å². The van der Waals surface area contributed by atoms with Crippen molar-refractivity contribution in [1.82, 2.24) is 10.6 Å². The number of alkyl carbamates (subject to hydrolysis) is 1. The van der Waals surface area contributed by atoms with Crippen molar-refractivity contribution in [2.45, 2.75) is 37.6 Å². The maximum Gasteiger partial charge on any atom is 0.407 e. The third kappa shape index (κ3) is 5.81. The lowest BCUT2D eigenvalue weighted by molar-refractivity contribution is -0.142. The van der Waals surface area contributed by atoms with Crippen LogP contribution >= 0.6 is 11.8 Å². The Labute approximate surface area is 210 Å². The number of carbonyl (C=O) groups is 3. The number of rotatable bonds is 10. The number of aliphatic carboxylic acids is 1. The predicted octanol–water partition coefficient (Wildman–Crippen LogP) is 4.26. The van der Waals surface area contributed by atoms with Gasteiger partial charge in [-0.1, -0.05) is 55.0 Å². The summed E-state index contributed by atoms with van der Waals surface area (Å²) in [6.45, 7) is 0.571. The van der Waals surface area contributed by atoms with Gasteiger partial charge in [0.1, 0.15) is 12.6 Å². The molecule has 0 radical (unpaired) electrons. The van der Waals surface area contributed by atoms with Crippen molar-refractivity contribution in [3.8, 4) is 11.1 Å². The van der Waals surface area contributed by atoms with Gasteiger partial charge in [0.25, 0.3) is 0 Å². The van der Waals surface area contributed by atoms with Crippen LogP contribution in [-0.2, 0) is 14.3 Å². The average Bonchev–Trinajstić information content (AvgIpc) is 3.46. The lowest BCUT2D eigenvalue weighted by Gasteiger charge is -2.22. The van der Waals surface area contributed by atoms with Crippen LogP contribution in [0.15, 0.2) is 48.5 Å². The molecule has 0 heterocycles. The van der Waals surface area contributed by atoms with Gasteiger partial charge in [-0.15, -0.1) is 0 Å². The smallest absolute Gasteiger partial charge is 0.407 e. The number of hydrogen-bond donors (Lipinski definition) is 3. The fourth-order valence-electron chi connectivity index (χ4n) is 5.26. The Morgan fingerprint density at radius 3 is 2.34 bits per heavy atom. The summed E-state index contributed by atoms with van der Waals surface area (Å²) in [5, 5.41) is 14.9. The molecule has 0 aliphatic heterocycles. The maximum atomic E-state index is 12.8. The Morgan fingerprint density at radius 1 is 1.06 bits per heavy atom. The number of hydrogen-bond acceptors (Lipinski definition) is 5. The molecule has 1 saturated carbocycles. The molecule has 0 bridgehead atoms. The highest BCUT2D eigenvalue weighted by atomic mass is 32.2. The number of carboxylic acid groups (broad SMARTS) is 1. The third-order valence-corrected chi connectivity index (χ3v) is 7.72. The predicted molar refractivity (Wildman–Crippen MR) is 136 cm³/mol.